The summed E-state index contributed by atoms with van der Waals surface area (Å²) in [4.78, 5) is 12.1. The molecule has 20 heavy (non-hydrogen) atoms. The average molecular weight is 279 g/mol. The van der Waals surface area contributed by atoms with Crippen molar-refractivity contribution >= 4 is 5.97 Å². The highest BCUT2D eigenvalue weighted by Gasteiger charge is 2.27. The van der Waals surface area contributed by atoms with E-state index in [9.17, 15) is 4.79 Å². The van der Waals surface area contributed by atoms with Gasteiger partial charge in [-0.25, -0.2) is 0 Å². The first-order valence-corrected chi connectivity index (χ1v) is 6.84. The maximum absolute atomic E-state index is 12.1. The summed E-state index contributed by atoms with van der Waals surface area (Å²) in [6.45, 7) is 3.17. The molecule has 0 saturated heterocycles. The van der Waals surface area contributed by atoms with E-state index in [1.165, 1.54) is 0 Å². The Hall–Kier alpha value is -1.43. The predicted molar refractivity (Wildman–Crippen MR) is 74.5 cm³/mol. The van der Waals surface area contributed by atoms with Crippen LogP contribution in [0.5, 0.6) is 0 Å². The third-order valence-corrected chi connectivity index (χ3v) is 3.28. The van der Waals surface area contributed by atoms with Gasteiger partial charge in [0.2, 0.25) is 0 Å². The molecule has 0 fully saturated rings. The van der Waals surface area contributed by atoms with Crippen molar-refractivity contribution in [3.63, 3.8) is 0 Å². The third-order valence-electron chi connectivity index (χ3n) is 3.28. The number of carbonyl (C=O) groups is 1. The fraction of sp³-hybridized carbons (Fsp3) is 0.533. The lowest BCUT2D eigenvalue weighted by Gasteiger charge is -2.24. The van der Waals surface area contributed by atoms with E-state index >= 15 is 0 Å². The van der Waals surface area contributed by atoms with Crippen molar-refractivity contribution in [1.29, 1.82) is 0 Å². The Morgan fingerprint density at radius 1 is 1.25 bits per heavy atom. The third kappa shape index (κ3) is 4.03. The maximum atomic E-state index is 12.1. The molecule has 0 saturated carbocycles. The first kappa shape index (κ1) is 15.0. The molecule has 1 heterocycles. The smallest absolute Gasteiger partial charge is 0.314 e. The van der Waals surface area contributed by atoms with Crippen LogP contribution in [0, 0.1) is 0 Å². The first-order chi connectivity index (χ1) is 9.83. The lowest BCUT2D eigenvalue weighted by molar-refractivity contribution is -0.147. The van der Waals surface area contributed by atoms with Gasteiger partial charge in [-0.3, -0.25) is 4.79 Å². The molecule has 1 unspecified atom stereocenters. The summed E-state index contributed by atoms with van der Waals surface area (Å²) >= 11 is 0. The standard InChI is InChI=1S/C15H21NO4/c1-18-6-7-19-8-9-20-15(17)14-11-16-10-12-4-2-3-5-13(12)14/h2-5,14,16H,6-11H2,1H3. The van der Waals surface area contributed by atoms with Crippen LogP contribution in [0.25, 0.3) is 0 Å². The minimum absolute atomic E-state index is 0.194. The van der Waals surface area contributed by atoms with Crippen LogP contribution < -0.4 is 5.32 Å². The molecule has 5 nitrogen and oxygen atoms in total. The topological polar surface area (TPSA) is 56.8 Å². The molecule has 1 aromatic carbocycles. The van der Waals surface area contributed by atoms with E-state index in [1.807, 2.05) is 24.3 Å². The highest BCUT2D eigenvalue weighted by Crippen LogP contribution is 2.24. The normalized spacial score (nSPS) is 17.6. The Morgan fingerprint density at radius 2 is 2.05 bits per heavy atom. The van der Waals surface area contributed by atoms with Gasteiger partial charge in [0, 0.05) is 20.2 Å². The van der Waals surface area contributed by atoms with Crippen LogP contribution in [0.4, 0.5) is 0 Å². The van der Waals surface area contributed by atoms with Gasteiger partial charge in [-0.05, 0) is 11.1 Å². The summed E-state index contributed by atoms with van der Waals surface area (Å²) < 4.78 is 15.4. The molecule has 0 amide bonds. The van der Waals surface area contributed by atoms with Gasteiger partial charge in [-0.2, -0.15) is 0 Å². The molecule has 0 aromatic heterocycles. The van der Waals surface area contributed by atoms with Crippen molar-refractivity contribution in [3.05, 3.63) is 35.4 Å². The summed E-state index contributed by atoms with van der Waals surface area (Å²) in [7, 11) is 1.62. The number of hydrogen-bond donors (Lipinski definition) is 1. The minimum Gasteiger partial charge on any atom is -0.463 e. The first-order valence-electron chi connectivity index (χ1n) is 6.84. The number of fused-ring (bicyclic) bond motifs is 1. The molecular formula is C15H21NO4. The van der Waals surface area contributed by atoms with Crippen LogP contribution in [0.15, 0.2) is 24.3 Å². The molecule has 1 N–H and O–H groups in total. The predicted octanol–water partition coefficient (Wildman–Crippen LogP) is 1.08. The van der Waals surface area contributed by atoms with E-state index < -0.39 is 0 Å². The molecule has 1 aliphatic heterocycles. The maximum Gasteiger partial charge on any atom is 0.314 e. The van der Waals surface area contributed by atoms with E-state index in [0.29, 0.717) is 26.4 Å². The molecule has 1 aliphatic rings. The molecule has 2 rings (SSSR count). The molecule has 5 heteroatoms. The molecule has 0 aliphatic carbocycles. The summed E-state index contributed by atoms with van der Waals surface area (Å²) in [5.74, 6) is -0.418. The Kier molecular flexibility index (Phi) is 5.98. The Morgan fingerprint density at radius 3 is 2.90 bits per heavy atom. The second-order valence-electron chi connectivity index (χ2n) is 4.65. The van der Waals surface area contributed by atoms with Crippen LogP contribution in [-0.2, 0) is 25.5 Å². The zero-order chi connectivity index (χ0) is 14.2. The molecule has 0 radical (unpaired) electrons. The number of rotatable bonds is 7. The van der Waals surface area contributed by atoms with Crippen molar-refractivity contribution < 1.29 is 19.0 Å². The second kappa shape index (κ2) is 7.99. The van der Waals surface area contributed by atoms with Gasteiger partial charge in [-0.15, -0.1) is 0 Å². The monoisotopic (exact) mass is 279 g/mol. The zero-order valence-electron chi connectivity index (χ0n) is 11.8. The molecule has 0 bridgehead atoms. The van der Waals surface area contributed by atoms with Gasteiger partial charge in [0.1, 0.15) is 6.61 Å². The SMILES string of the molecule is COCCOCCOC(=O)C1CNCc2ccccc21. The highest BCUT2D eigenvalue weighted by molar-refractivity contribution is 5.79. The lowest BCUT2D eigenvalue weighted by atomic mass is 9.91. The van der Waals surface area contributed by atoms with Gasteiger partial charge in [0.05, 0.1) is 25.7 Å². The van der Waals surface area contributed by atoms with Crippen molar-refractivity contribution in [3.8, 4) is 0 Å². The number of benzene rings is 1. The summed E-state index contributed by atoms with van der Waals surface area (Å²) in [6.07, 6.45) is 0. The summed E-state index contributed by atoms with van der Waals surface area (Å²) in [5, 5.41) is 3.24. The summed E-state index contributed by atoms with van der Waals surface area (Å²) in [6, 6.07) is 7.98. The molecule has 1 atom stereocenters. The fourth-order valence-electron chi connectivity index (χ4n) is 2.25. The quantitative estimate of drug-likeness (QED) is 0.598. The van der Waals surface area contributed by atoms with E-state index in [0.717, 1.165) is 17.7 Å². The number of nitrogens with one attached hydrogen (secondary N) is 1. The van der Waals surface area contributed by atoms with E-state index in [4.69, 9.17) is 14.2 Å². The number of esters is 1. The Balaban J connectivity index is 1.79. The van der Waals surface area contributed by atoms with Gasteiger partial charge >= 0.3 is 5.97 Å². The summed E-state index contributed by atoms with van der Waals surface area (Å²) in [5.41, 5.74) is 2.23. The zero-order valence-corrected chi connectivity index (χ0v) is 11.8. The minimum atomic E-state index is -0.223. The van der Waals surface area contributed by atoms with E-state index in [-0.39, 0.29) is 18.5 Å². The average Bonchev–Trinajstić information content (AvgIpc) is 2.50. The fourth-order valence-corrected chi connectivity index (χ4v) is 2.25. The van der Waals surface area contributed by atoms with Gasteiger partial charge in [-0.1, -0.05) is 24.3 Å². The Bertz CT molecular complexity index is 436. The van der Waals surface area contributed by atoms with Crippen molar-refractivity contribution in [2.45, 2.75) is 12.5 Å². The van der Waals surface area contributed by atoms with Gasteiger partial charge in [0.25, 0.3) is 0 Å². The van der Waals surface area contributed by atoms with Crippen LogP contribution >= 0.6 is 0 Å². The molecule has 110 valence electrons. The number of methoxy groups -OCH3 is 1. The second-order valence-corrected chi connectivity index (χ2v) is 4.65. The Labute approximate surface area is 119 Å². The largest absolute Gasteiger partial charge is 0.463 e. The lowest BCUT2D eigenvalue weighted by Crippen LogP contribution is -2.34. The molecular weight excluding hydrogens is 258 g/mol. The number of carbonyl (C=O) groups excluding carboxylic acids is 1. The van der Waals surface area contributed by atoms with Gasteiger partial charge in [0.15, 0.2) is 0 Å². The van der Waals surface area contributed by atoms with Crippen molar-refractivity contribution in [1.82, 2.24) is 5.32 Å². The highest BCUT2D eigenvalue weighted by atomic mass is 16.6. The van der Waals surface area contributed by atoms with Crippen molar-refractivity contribution in [2.24, 2.45) is 0 Å². The van der Waals surface area contributed by atoms with Crippen LogP contribution in [0.1, 0.15) is 17.0 Å². The van der Waals surface area contributed by atoms with Crippen LogP contribution in [-0.4, -0.2) is 46.1 Å². The van der Waals surface area contributed by atoms with Crippen LogP contribution in [0.2, 0.25) is 0 Å². The number of hydrogen-bond acceptors (Lipinski definition) is 5. The molecule has 1 aromatic rings. The van der Waals surface area contributed by atoms with Crippen molar-refractivity contribution in [2.75, 3.05) is 40.1 Å². The van der Waals surface area contributed by atoms with E-state index in [1.54, 1.807) is 7.11 Å². The van der Waals surface area contributed by atoms with Crippen LogP contribution in [0.3, 0.4) is 0 Å². The van der Waals surface area contributed by atoms with E-state index in [2.05, 4.69) is 5.32 Å². The molecule has 0 spiro atoms. The number of ether oxygens (including phenoxy) is 3. The van der Waals surface area contributed by atoms with Gasteiger partial charge < -0.3 is 19.5 Å².